The lowest BCUT2D eigenvalue weighted by molar-refractivity contribution is -0.117. The predicted molar refractivity (Wildman–Crippen MR) is 87.6 cm³/mol. The zero-order valence-corrected chi connectivity index (χ0v) is 13.7. The van der Waals surface area contributed by atoms with Crippen molar-refractivity contribution in [1.29, 1.82) is 0 Å². The number of benzene rings is 1. The highest BCUT2D eigenvalue weighted by molar-refractivity contribution is 7.92. The van der Waals surface area contributed by atoms with Crippen LogP contribution in [-0.4, -0.2) is 33.7 Å². The predicted octanol–water partition coefficient (Wildman–Crippen LogP) is 2.38. The van der Waals surface area contributed by atoms with Crippen molar-refractivity contribution in [3.63, 3.8) is 0 Å². The number of carbonyl (C=O) groups is 1. The smallest absolute Gasteiger partial charge is 0.232 e. The van der Waals surface area contributed by atoms with Crippen LogP contribution >= 0.6 is 0 Å². The molecule has 1 saturated heterocycles. The molecule has 0 radical (unpaired) electrons. The molecule has 3 rings (SSSR count). The van der Waals surface area contributed by atoms with E-state index in [1.54, 1.807) is 4.90 Å². The van der Waals surface area contributed by atoms with E-state index in [-0.39, 0.29) is 5.91 Å². The number of rotatable bonds is 5. The summed E-state index contributed by atoms with van der Waals surface area (Å²) in [6, 6.07) is 7.33. The fourth-order valence-electron chi connectivity index (χ4n) is 3.08. The highest BCUT2D eigenvalue weighted by Crippen LogP contribution is 2.32. The second-order valence-corrected chi connectivity index (χ2v) is 8.17. The Bertz CT molecular complexity index is 668. The van der Waals surface area contributed by atoms with Crippen molar-refractivity contribution < 1.29 is 13.2 Å². The molecule has 6 heteroatoms. The Morgan fingerprint density at radius 3 is 2.59 bits per heavy atom. The summed E-state index contributed by atoms with van der Waals surface area (Å²) in [5, 5.41) is 0. The Balaban J connectivity index is 1.88. The normalized spacial score (nSPS) is 19.3. The Labute approximate surface area is 132 Å². The van der Waals surface area contributed by atoms with Crippen LogP contribution in [0.2, 0.25) is 0 Å². The molecule has 1 aliphatic carbocycles. The van der Waals surface area contributed by atoms with Gasteiger partial charge in [0.25, 0.3) is 0 Å². The summed E-state index contributed by atoms with van der Waals surface area (Å²) in [7, 11) is -3.31. The highest BCUT2D eigenvalue weighted by Gasteiger charge is 2.27. The van der Waals surface area contributed by atoms with E-state index in [0.717, 1.165) is 24.9 Å². The average Bonchev–Trinajstić information content (AvgIpc) is 2.82. The fourth-order valence-corrected chi connectivity index (χ4v) is 4.06. The van der Waals surface area contributed by atoms with Gasteiger partial charge >= 0.3 is 0 Å². The lowest BCUT2D eigenvalue weighted by Crippen LogP contribution is -2.37. The summed E-state index contributed by atoms with van der Waals surface area (Å²) in [4.78, 5) is 13.6. The fraction of sp³-hybridized carbons (Fsp3) is 0.562. The van der Waals surface area contributed by atoms with Crippen LogP contribution in [-0.2, 0) is 14.8 Å². The first kappa shape index (κ1) is 15.3. The Hall–Kier alpha value is -1.56. The SMILES string of the molecule is CS(=O)(=O)N(CC1CCC1)c1cccc(N2CCCC2=O)c1. The molecule has 1 aromatic rings. The molecule has 2 fully saturated rings. The van der Waals surface area contributed by atoms with Crippen molar-refractivity contribution >= 4 is 27.3 Å². The van der Waals surface area contributed by atoms with Gasteiger partial charge in [0, 0.05) is 25.2 Å². The maximum absolute atomic E-state index is 12.1. The van der Waals surface area contributed by atoms with Crippen LogP contribution in [0.4, 0.5) is 11.4 Å². The largest absolute Gasteiger partial charge is 0.312 e. The quantitative estimate of drug-likeness (QED) is 0.836. The van der Waals surface area contributed by atoms with Crippen molar-refractivity contribution in [2.45, 2.75) is 32.1 Å². The Morgan fingerprint density at radius 1 is 1.27 bits per heavy atom. The van der Waals surface area contributed by atoms with Crippen molar-refractivity contribution in [3.8, 4) is 0 Å². The second-order valence-electron chi connectivity index (χ2n) is 6.26. The molecule has 1 aliphatic heterocycles. The third-order valence-electron chi connectivity index (χ3n) is 4.55. The van der Waals surface area contributed by atoms with Crippen LogP contribution in [0.3, 0.4) is 0 Å². The van der Waals surface area contributed by atoms with Crippen LogP contribution in [0.15, 0.2) is 24.3 Å². The lowest BCUT2D eigenvalue weighted by Gasteiger charge is -2.32. The summed E-state index contributed by atoms with van der Waals surface area (Å²) in [6.45, 7) is 1.25. The molecular formula is C16H22N2O3S. The number of anilines is 2. The molecule has 0 aromatic heterocycles. The number of sulfonamides is 1. The molecule has 1 amide bonds. The molecule has 2 aliphatic rings. The summed E-state index contributed by atoms with van der Waals surface area (Å²) in [5.41, 5.74) is 1.45. The molecule has 5 nitrogen and oxygen atoms in total. The van der Waals surface area contributed by atoms with Gasteiger partial charge in [-0.3, -0.25) is 9.10 Å². The standard InChI is InChI=1S/C16H22N2O3S/c1-22(20,21)18(12-13-5-2-6-13)15-8-3-7-14(11-15)17-10-4-9-16(17)19/h3,7-8,11,13H,2,4-6,9-10,12H2,1H3. The van der Waals surface area contributed by atoms with E-state index in [4.69, 9.17) is 0 Å². The molecule has 0 N–H and O–H groups in total. The van der Waals surface area contributed by atoms with Gasteiger partial charge in [-0.15, -0.1) is 0 Å². The first-order chi connectivity index (χ1) is 10.4. The maximum atomic E-state index is 12.1. The van der Waals surface area contributed by atoms with Crippen molar-refractivity contribution in [2.24, 2.45) is 5.92 Å². The van der Waals surface area contributed by atoms with Crippen LogP contribution in [0.1, 0.15) is 32.1 Å². The molecule has 0 bridgehead atoms. The zero-order valence-electron chi connectivity index (χ0n) is 12.9. The summed E-state index contributed by atoms with van der Waals surface area (Å²) >= 11 is 0. The molecule has 120 valence electrons. The minimum atomic E-state index is -3.31. The monoisotopic (exact) mass is 322 g/mol. The Kier molecular flexibility index (Phi) is 4.12. The van der Waals surface area contributed by atoms with Gasteiger partial charge in [0.2, 0.25) is 15.9 Å². The lowest BCUT2D eigenvalue weighted by atomic mass is 9.85. The summed E-state index contributed by atoms with van der Waals surface area (Å²) in [5.74, 6) is 0.564. The van der Waals surface area contributed by atoms with Gasteiger partial charge in [-0.2, -0.15) is 0 Å². The first-order valence-electron chi connectivity index (χ1n) is 7.83. The van der Waals surface area contributed by atoms with E-state index in [1.807, 2.05) is 24.3 Å². The second kappa shape index (κ2) is 5.91. The Morgan fingerprint density at radius 2 is 2.05 bits per heavy atom. The number of nitrogens with zero attached hydrogens (tertiary/aromatic N) is 2. The van der Waals surface area contributed by atoms with Gasteiger partial charge in [0.15, 0.2) is 0 Å². The number of amides is 1. The van der Waals surface area contributed by atoms with E-state index < -0.39 is 10.0 Å². The third kappa shape index (κ3) is 3.11. The van der Waals surface area contributed by atoms with E-state index in [2.05, 4.69) is 0 Å². The van der Waals surface area contributed by atoms with Gasteiger partial charge in [-0.25, -0.2) is 8.42 Å². The van der Waals surface area contributed by atoms with Crippen molar-refractivity contribution in [3.05, 3.63) is 24.3 Å². The van der Waals surface area contributed by atoms with E-state index in [9.17, 15) is 13.2 Å². The third-order valence-corrected chi connectivity index (χ3v) is 5.71. The number of carbonyl (C=O) groups excluding carboxylic acids is 1. The topological polar surface area (TPSA) is 57.7 Å². The van der Waals surface area contributed by atoms with Gasteiger partial charge < -0.3 is 4.90 Å². The van der Waals surface area contributed by atoms with Crippen molar-refractivity contribution in [1.82, 2.24) is 0 Å². The minimum Gasteiger partial charge on any atom is -0.312 e. The number of hydrogen-bond acceptors (Lipinski definition) is 3. The molecule has 0 unspecified atom stereocenters. The molecule has 1 saturated carbocycles. The molecule has 0 spiro atoms. The van der Waals surface area contributed by atoms with Gasteiger partial charge in [0.1, 0.15) is 0 Å². The summed E-state index contributed by atoms with van der Waals surface area (Å²) in [6.07, 6.45) is 6.06. The minimum absolute atomic E-state index is 0.113. The van der Waals surface area contributed by atoms with Gasteiger partial charge in [0.05, 0.1) is 11.9 Å². The zero-order chi connectivity index (χ0) is 15.7. The number of hydrogen-bond donors (Lipinski definition) is 0. The van der Waals surface area contributed by atoms with Gasteiger partial charge in [-0.1, -0.05) is 12.5 Å². The molecular weight excluding hydrogens is 300 g/mol. The maximum Gasteiger partial charge on any atom is 0.232 e. The van der Waals surface area contributed by atoms with Crippen LogP contribution in [0.5, 0.6) is 0 Å². The van der Waals surface area contributed by atoms with E-state index in [1.165, 1.54) is 17.0 Å². The first-order valence-corrected chi connectivity index (χ1v) is 9.68. The van der Waals surface area contributed by atoms with Crippen molar-refractivity contribution in [2.75, 3.05) is 28.6 Å². The van der Waals surface area contributed by atoms with Crippen LogP contribution in [0.25, 0.3) is 0 Å². The van der Waals surface area contributed by atoms with E-state index >= 15 is 0 Å². The van der Waals surface area contributed by atoms with E-state index in [0.29, 0.717) is 31.1 Å². The molecule has 0 atom stereocenters. The van der Waals surface area contributed by atoms with Crippen LogP contribution < -0.4 is 9.21 Å². The highest BCUT2D eigenvalue weighted by atomic mass is 32.2. The van der Waals surface area contributed by atoms with Crippen LogP contribution in [0, 0.1) is 5.92 Å². The summed E-state index contributed by atoms with van der Waals surface area (Å²) < 4.78 is 25.8. The molecule has 22 heavy (non-hydrogen) atoms. The molecule has 1 aromatic carbocycles. The average molecular weight is 322 g/mol. The van der Waals surface area contributed by atoms with Gasteiger partial charge in [-0.05, 0) is 43.4 Å². The molecule has 1 heterocycles.